The molecule has 2 rings (SSSR count). The molecule has 100 valence electrons. The number of methoxy groups -OCH3 is 1. The number of amides is 1. The van der Waals surface area contributed by atoms with Gasteiger partial charge in [0.2, 0.25) is 0 Å². The van der Waals surface area contributed by atoms with Gasteiger partial charge in [-0.3, -0.25) is 4.79 Å². The largest absolute Gasteiger partial charge is 0.383 e. The van der Waals surface area contributed by atoms with Crippen molar-refractivity contribution >= 4 is 5.91 Å². The summed E-state index contributed by atoms with van der Waals surface area (Å²) in [6.45, 7) is 3.28. The van der Waals surface area contributed by atoms with Crippen LogP contribution in [0, 0.1) is 0 Å². The Balaban J connectivity index is 1.93. The number of aromatic nitrogens is 1. The van der Waals surface area contributed by atoms with Gasteiger partial charge in [-0.15, -0.1) is 0 Å². The van der Waals surface area contributed by atoms with Crippen LogP contribution in [0.4, 0.5) is 0 Å². The minimum Gasteiger partial charge on any atom is -0.383 e. The van der Waals surface area contributed by atoms with Crippen molar-refractivity contribution in [1.29, 1.82) is 0 Å². The van der Waals surface area contributed by atoms with Gasteiger partial charge in [0.05, 0.1) is 6.61 Å². The molecule has 0 atom stereocenters. The van der Waals surface area contributed by atoms with E-state index in [0.29, 0.717) is 24.9 Å². The molecule has 1 aliphatic heterocycles. The summed E-state index contributed by atoms with van der Waals surface area (Å²) in [5.74, 6) is 0.0167. The zero-order valence-corrected chi connectivity index (χ0v) is 10.8. The van der Waals surface area contributed by atoms with Crippen LogP contribution in [0.2, 0.25) is 0 Å². The average Bonchev–Trinajstić information content (AvgIpc) is 2.86. The molecule has 0 radical (unpaired) electrons. The van der Waals surface area contributed by atoms with Crippen molar-refractivity contribution in [3.05, 3.63) is 24.0 Å². The Hall–Kier alpha value is -1.33. The van der Waals surface area contributed by atoms with E-state index in [9.17, 15) is 4.79 Å². The predicted molar refractivity (Wildman–Crippen MR) is 69.7 cm³/mol. The highest BCUT2D eigenvalue weighted by Crippen LogP contribution is 2.06. The second-order valence-electron chi connectivity index (χ2n) is 4.58. The van der Waals surface area contributed by atoms with E-state index in [0.717, 1.165) is 25.9 Å². The van der Waals surface area contributed by atoms with Crippen LogP contribution in [-0.2, 0) is 11.3 Å². The van der Waals surface area contributed by atoms with Gasteiger partial charge in [0.25, 0.3) is 5.91 Å². The molecule has 0 bridgehead atoms. The Morgan fingerprint density at radius 2 is 2.33 bits per heavy atom. The Kier molecular flexibility index (Phi) is 4.78. The highest BCUT2D eigenvalue weighted by Gasteiger charge is 2.18. The van der Waals surface area contributed by atoms with Crippen molar-refractivity contribution in [3.63, 3.8) is 0 Å². The molecule has 1 fully saturated rings. The summed E-state index contributed by atoms with van der Waals surface area (Å²) >= 11 is 0. The Labute approximate surface area is 108 Å². The number of carbonyl (C=O) groups is 1. The van der Waals surface area contributed by atoms with Crippen LogP contribution in [0.15, 0.2) is 18.3 Å². The van der Waals surface area contributed by atoms with Crippen LogP contribution in [0.3, 0.4) is 0 Å². The first-order valence-corrected chi connectivity index (χ1v) is 6.47. The zero-order valence-electron chi connectivity index (χ0n) is 10.8. The maximum atomic E-state index is 12.2. The molecule has 18 heavy (non-hydrogen) atoms. The molecule has 2 N–H and O–H groups in total. The number of hydrogen-bond donors (Lipinski definition) is 2. The van der Waals surface area contributed by atoms with Crippen LogP contribution in [0.5, 0.6) is 0 Å². The van der Waals surface area contributed by atoms with Gasteiger partial charge in [0.15, 0.2) is 0 Å². The topological polar surface area (TPSA) is 55.3 Å². The lowest BCUT2D eigenvalue weighted by Crippen LogP contribution is -2.43. The molecule has 5 nitrogen and oxygen atoms in total. The molecular weight excluding hydrogens is 230 g/mol. The van der Waals surface area contributed by atoms with Crippen molar-refractivity contribution in [2.45, 2.75) is 25.4 Å². The predicted octanol–water partition coefficient (Wildman–Crippen LogP) is 0.616. The molecule has 0 aromatic carbocycles. The first-order valence-electron chi connectivity index (χ1n) is 6.47. The molecule has 0 saturated carbocycles. The van der Waals surface area contributed by atoms with E-state index in [2.05, 4.69) is 10.6 Å². The summed E-state index contributed by atoms with van der Waals surface area (Å²) in [7, 11) is 1.66. The number of carbonyl (C=O) groups excluding carboxylic acids is 1. The summed E-state index contributed by atoms with van der Waals surface area (Å²) in [6, 6.07) is 4.04. The van der Waals surface area contributed by atoms with Crippen molar-refractivity contribution in [1.82, 2.24) is 15.2 Å². The minimum atomic E-state index is 0.0167. The van der Waals surface area contributed by atoms with Crippen LogP contribution < -0.4 is 10.6 Å². The maximum Gasteiger partial charge on any atom is 0.268 e. The standard InChI is InChI=1S/C13H21N3O2/c1-18-10-9-16-8-2-3-12(16)13(17)15-11-4-6-14-7-5-11/h2-3,8,11,14H,4-7,9-10H2,1H3,(H,15,17). The number of nitrogens with zero attached hydrogens (tertiary/aromatic N) is 1. The fourth-order valence-electron chi connectivity index (χ4n) is 2.23. The Morgan fingerprint density at radius 1 is 1.56 bits per heavy atom. The summed E-state index contributed by atoms with van der Waals surface area (Å²) in [5, 5.41) is 6.39. The fourth-order valence-corrected chi connectivity index (χ4v) is 2.23. The molecule has 1 amide bonds. The lowest BCUT2D eigenvalue weighted by Gasteiger charge is -2.23. The third kappa shape index (κ3) is 3.34. The van der Waals surface area contributed by atoms with Crippen molar-refractivity contribution in [2.75, 3.05) is 26.8 Å². The first-order chi connectivity index (χ1) is 8.81. The lowest BCUT2D eigenvalue weighted by molar-refractivity contribution is 0.0917. The van der Waals surface area contributed by atoms with E-state index >= 15 is 0 Å². The molecule has 2 heterocycles. The smallest absolute Gasteiger partial charge is 0.268 e. The monoisotopic (exact) mass is 251 g/mol. The van der Waals surface area contributed by atoms with Crippen LogP contribution in [0.1, 0.15) is 23.3 Å². The van der Waals surface area contributed by atoms with Gasteiger partial charge in [0, 0.05) is 25.9 Å². The second-order valence-corrected chi connectivity index (χ2v) is 4.58. The van der Waals surface area contributed by atoms with Crippen LogP contribution in [-0.4, -0.2) is 43.3 Å². The van der Waals surface area contributed by atoms with E-state index < -0.39 is 0 Å². The van der Waals surface area contributed by atoms with Gasteiger partial charge in [0.1, 0.15) is 5.69 Å². The molecule has 1 aromatic heterocycles. The van der Waals surface area contributed by atoms with E-state index in [-0.39, 0.29) is 5.91 Å². The molecule has 0 spiro atoms. The summed E-state index contributed by atoms with van der Waals surface area (Å²) in [4.78, 5) is 12.2. The highest BCUT2D eigenvalue weighted by atomic mass is 16.5. The normalized spacial score (nSPS) is 16.7. The average molecular weight is 251 g/mol. The lowest BCUT2D eigenvalue weighted by atomic mass is 10.1. The molecule has 0 unspecified atom stereocenters. The van der Waals surface area contributed by atoms with E-state index in [4.69, 9.17) is 4.74 Å². The zero-order chi connectivity index (χ0) is 12.8. The Morgan fingerprint density at radius 3 is 3.06 bits per heavy atom. The highest BCUT2D eigenvalue weighted by molar-refractivity contribution is 5.92. The van der Waals surface area contributed by atoms with E-state index in [1.807, 2.05) is 22.9 Å². The molecule has 1 aromatic rings. The van der Waals surface area contributed by atoms with Crippen LogP contribution in [0.25, 0.3) is 0 Å². The van der Waals surface area contributed by atoms with Crippen LogP contribution >= 0.6 is 0 Å². The second kappa shape index (κ2) is 6.56. The van der Waals surface area contributed by atoms with Gasteiger partial charge in [-0.05, 0) is 38.1 Å². The van der Waals surface area contributed by atoms with Gasteiger partial charge in [-0.1, -0.05) is 0 Å². The van der Waals surface area contributed by atoms with E-state index in [1.54, 1.807) is 7.11 Å². The molecule has 0 aliphatic carbocycles. The molecular formula is C13H21N3O2. The molecule has 5 heteroatoms. The fraction of sp³-hybridized carbons (Fsp3) is 0.615. The number of piperidine rings is 1. The Bertz CT molecular complexity index is 383. The van der Waals surface area contributed by atoms with Gasteiger partial charge in [-0.25, -0.2) is 0 Å². The first kappa shape index (κ1) is 13.1. The SMILES string of the molecule is COCCn1cccc1C(=O)NC1CCNCC1. The van der Waals surface area contributed by atoms with E-state index in [1.165, 1.54) is 0 Å². The molecule has 1 saturated heterocycles. The number of hydrogen-bond acceptors (Lipinski definition) is 3. The van der Waals surface area contributed by atoms with Gasteiger partial charge >= 0.3 is 0 Å². The number of ether oxygens (including phenoxy) is 1. The van der Waals surface area contributed by atoms with Crippen molar-refractivity contribution in [2.24, 2.45) is 0 Å². The minimum absolute atomic E-state index is 0.0167. The third-order valence-corrected chi connectivity index (χ3v) is 3.27. The van der Waals surface area contributed by atoms with Crippen molar-refractivity contribution in [3.8, 4) is 0 Å². The summed E-state index contributed by atoms with van der Waals surface area (Å²) in [5.41, 5.74) is 0.714. The number of rotatable bonds is 5. The quantitative estimate of drug-likeness (QED) is 0.806. The third-order valence-electron chi connectivity index (χ3n) is 3.27. The van der Waals surface area contributed by atoms with Crippen molar-refractivity contribution < 1.29 is 9.53 Å². The summed E-state index contributed by atoms with van der Waals surface area (Å²) in [6.07, 6.45) is 3.92. The van der Waals surface area contributed by atoms with Gasteiger partial charge in [-0.2, -0.15) is 0 Å². The molecule has 1 aliphatic rings. The number of nitrogens with one attached hydrogen (secondary N) is 2. The summed E-state index contributed by atoms with van der Waals surface area (Å²) < 4.78 is 6.97. The maximum absolute atomic E-state index is 12.2. The van der Waals surface area contributed by atoms with Gasteiger partial charge < -0.3 is 19.9 Å².